The van der Waals surface area contributed by atoms with Gasteiger partial charge in [0.05, 0.1) is 0 Å². The second-order valence-corrected chi connectivity index (χ2v) is 9.87. The third kappa shape index (κ3) is 14.6. The largest absolute Gasteiger partial charge is 0.481 e. The molecule has 4 nitrogen and oxygen atoms in total. The molecule has 0 bridgehead atoms. The first kappa shape index (κ1) is 25.4. The first-order valence-corrected chi connectivity index (χ1v) is 12.4. The Morgan fingerprint density at radius 3 is 1.62 bits per heavy atom. The number of rotatable bonds is 18. The van der Waals surface area contributed by atoms with Gasteiger partial charge in [-0.2, -0.15) is 0 Å². The van der Waals surface area contributed by atoms with Gasteiger partial charge in [-0.05, 0) is 25.6 Å². The highest BCUT2D eigenvalue weighted by Crippen LogP contribution is 2.47. The zero-order chi connectivity index (χ0) is 19.7. The van der Waals surface area contributed by atoms with E-state index in [1.807, 2.05) is 0 Å². The molecule has 0 aromatic rings. The minimum atomic E-state index is -3.71. The maximum atomic E-state index is 11.8. The van der Waals surface area contributed by atoms with Crippen molar-refractivity contribution >= 4 is 13.3 Å². The molecule has 5 heteroatoms. The van der Waals surface area contributed by atoms with Gasteiger partial charge in [-0.3, -0.25) is 9.36 Å². The Bertz CT molecular complexity index is 420. The van der Waals surface area contributed by atoms with E-state index in [1.54, 1.807) is 6.08 Å². The van der Waals surface area contributed by atoms with E-state index in [2.05, 4.69) is 6.92 Å². The molecule has 0 rings (SSSR count). The van der Waals surface area contributed by atoms with Crippen LogP contribution in [0, 0.1) is 0 Å². The smallest absolute Gasteiger partial charge is 0.316 e. The number of allylic oxidation sites excluding steroid dienone is 1. The number of unbranched alkanes of at least 4 members (excludes halogenated alkanes) is 14. The van der Waals surface area contributed by atoms with E-state index in [0.717, 1.165) is 19.3 Å². The third-order valence-corrected chi connectivity index (χ3v) is 6.92. The lowest BCUT2D eigenvalue weighted by Gasteiger charge is -2.10. The molecule has 26 heavy (non-hydrogen) atoms. The van der Waals surface area contributed by atoms with Crippen molar-refractivity contribution in [3.8, 4) is 0 Å². The summed E-state index contributed by atoms with van der Waals surface area (Å²) in [6.45, 7) is 3.53. The van der Waals surface area contributed by atoms with Crippen LogP contribution >= 0.6 is 7.37 Å². The van der Waals surface area contributed by atoms with E-state index in [4.69, 9.17) is 5.11 Å². The Hall–Kier alpha value is -0.600. The van der Waals surface area contributed by atoms with Gasteiger partial charge in [0.2, 0.25) is 7.37 Å². The van der Waals surface area contributed by atoms with Crippen LogP contribution in [0.4, 0.5) is 0 Å². The Morgan fingerprint density at radius 1 is 0.846 bits per heavy atom. The highest BCUT2D eigenvalue weighted by atomic mass is 31.2. The summed E-state index contributed by atoms with van der Waals surface area (Å²) in [6, 6.07) is 0. The summed E-state index contributed by atoms with van der Waals surface area (Å²) in [5.74, 6) is -0.0226. The molecule has 0 aromatic carbocycles. The highest BCUT2D eigenvalue weighted by molar-refractivity contribution is 7.62. The molecule has 0 spiro atoms. The Labute approximate surface area is 160 Å². The minimum absolute atomic E-state index is 0.745. The van der Waals surface area contributed by atoms with Crippen molar-refractivity contribution < 1.29 is 19.4 Å². The van der Waals surface area contributed by atoms with Crippen LogP contribution in [-0.2, 0) is 9.36 Å². The molecule has 0 saturated heterocycles. The number of hydrogen-bond acceptors (Lipinski definition) is 2. The lowest BCUT2D eigenvalue weighted by Crippen LogP contribution is -2.15. The standard InChI is InChI=1S/C21H41O4P/c1-3-4-5-6-7-8-9-10-11-12-13-14-15-16-17-18-19-26(24,25)20(2)21(22)23/h18-20H,3-17H2,1-2H3,(H,22,23)(H,24,25). The van der Waals surface area contributed by atoms with Gasteiger partial charge in [-0.25, -0.2) is 0 Å². The van der Waals surface area contributed by atoms with Gasteiger partial charge in [0.15, 0.2) is 0 Å². The molecule has 0 amide bonds. The second-order valence-electron chi connectivity index (χ2n) is 7.46. The van der Waals surface area contributed by atoms with E-state index < -0.39 is 19.0 Å². The predicted octanol–water partition coefficient (Wildman–Crippen LogP) is 7.12. The lowest BCUT2D eigenvalue weighted by atomic mass is 10.0. The van der Waals surface area contributed by atoms with Gasteiger partial charge < -0.3 is 10.00 Å². The van der Waals surface area contributed by atoms with Crippen LogP contribution in [-0.4, -0.2) is 21.6 Å². The summed E-state index contributed by atoms with van der Waals surface area (Å²) < 4.78 is 11.8. The molecule has 2 atom stereocenters. The predicted molar refractivity (Wildman–Crippen MR) is 111 cm³/mol. The number of carboxylic acid groups (broad SMARTS) is 1. The molecule has 154 valence electrons. The summed E-state index contributed by atoms with van der Waals surface area (Å²) in [6.07, 6.45) is 20.7. The molecule has 0 saturated carbocycles. The van der Waals surface area contributed by atoms with E-state index in [9.17, 15) is 14.3 Å². The summed E-state index contributed by atoms with van der Waals surface area (Å²) in [7, 11) is -3.71. The highest BCUT2D eigenvalue weighted by Gasteiger charge is 2.29. The van der Waals surface area contributed by atoms with Gasteiger partial charge in [0.25, 0.3) is 0 Å². The lowest BCUT2D eigenvalue weighted by molar-refractivity contribution is -0.136. The maximum absolute atomic E-state index is 11.8. The zero-order valence-electron chi connectivity index (χ0n) is 17.0. The van der Waals surface area contributed by atoms with E-state index in [0.29, 0.717) is 0 Å². The SMILES string of the molecule is CCCCCCCCCCCCCCCCC=CP(=O)(O)C(C)C(=O)O. The van der Waals surface area contributed by atoms with Gasteiger partial charge in [-0.1, -0.05) is 96.5 Å². The van der Waals surface area contributed by atoms with Crippen molar-refractivity contribution in [3.05, 3.63) is 11.9 Å². The number of hydrogen-bond donors (Lipinski definition) is 2. The topological polar surface area (TPSA) is 74.6 Å². The molecule has 0 aliphatic rings. The average molecular weight is 389 g/mol. The fourth-order valence-corrected chi connectivity index (χ4v) is 4.00. The Morgan fingerprint density at radius 2 is 1.23 bits per heavy atom. The van der Waals surface area contributed by atoms with Crippen LogP contribution in [0.15, 0.2) is 11.9 Å². The molecular weight excluding hydrogens is 347 g/mol. The number of aliphatic carboxylic acids is 1. The van der Waals surface area contributed by atoms with Crippen LogP contribution in [0.25, 0.3) is 0 Å². The van der Waals surface area contributed by atoms with E-state index in [1.165, 1.54) is 89.8 Å². The quantitative estimate of drug-likeness (QED) is 0.194. The molecular formula is C21H41O4P. The van der Waals surface area contributed by atoms with Crippen molar-refractivity contribution in [2.24, 2.45) is 0 Å². The van der Waals surface area contributed by atoms with Crippen LogP contribution in [0.5, 0.6) is 0 Å². The number of carboxylic acids is 1. The first-order chi connectivity index (χ1) is 12.4. The first-order valence-electron chi connectivity index (χ1n) is 10.6. The van der Waals surface area contributed by atoms with E-state index in [-0.39, 0.29) is 0 Å². The fraction of sp³-hybridized carbons (Fsp3) is 0.857. The molecule has 2 N–H and O–H groups in total. The molecule has 0 aliphatic carbocycles. The van der Waals surface area contributed by atoms with Crippen molar-refractivity contribution in [1.29, 1.82) is 0 Å². The summed E-state index contributed by atoms with van der Waals surface area (Å²) in [5, 5.41) is 8.79. The minimum Gasteiger partial charge on any atom is -0.481 e. The van der Waals surface area contributed by atoms with Crippen LogP contribution in [0.3, 0.4) is 0 Å². The van der Waals surface area contributed by atoms with Crippen molar-refractivity contribution in [2.45, 2.75) is 116 Å². The summed E-state index contributed by atoms with van der Waals surface area (Å²) in [4.78, 5) is 20.4. The monoisotopic (exact) mass is 388 g/mol. The van der Waals surface area contributed by atoms with Crippen LogP contribution in [0.2, 0.25) is 0 Å². The molecule has 0 aliphatic heterocycles. The third-order valence-electron chi connectivity index (χ3n) is 4.96. The molecule has 2 unspecified atom stereocenters. The van der Waals surface area contributed by atoms with Crippen molar-refractivity contribution in [3.63, 3.8) is 0 Å². The van der Waals surface area contributed by atoms with Gasteiger partial charge in [-0.15, -0.1) is 0 Å². The van der Waals surface area contributed by atoms with Crippen molar-refractivity contribution in [2.75, 3.05) is 0 Å². The molecule has 0 aromatic heterocycles. The van der Waals surface area contributed by atoms with Gasteiger partial charge in [0.1, 0.15) is 5.66 Å². The Balaban J connectivity index is 3.40. The Kier molecular flexibility index (Phi) is 16.2. The molecule has 0 heterocycles. The maximum Gasteiger partial charge on any atom is 0.316 e. The van der Waals surface area contributed by atoms with Gasteiger partial charge >= 0.3 is 5.97 Å². The van der Waals surface area contributed by atoms with Crippen LogP contribution in [0.1, 0.15) is 110 Å². The van der Waals surface area contributed by atoms with Crippen molar-refractivity contribution in [1.82, 2.24) is 0 Å². The summed E-state index contributed by atoms with van der Waals surface area (Å²) in [5.41, 5.74) is -1.23. The van der Waals surface area contributed by atoms with Gasteiger partial charge in [0, 0.05) is 0 Å². The van der Waals surface area contributed by atoms with Crippen LogP contribution < -0.4 is 0 Å². The fourth-order valence-electron chi connectivity index (χ4n) is 2.97. The normalized spacial score (nSPS) is 15.2. The zero-order valence-corrected chi connectivity index (χ0v) is 17.9. The van der Waals surface area contributed by atoms with E-state index >= 15 is 0 Å². The average Bonchev–Trinajstić information content (AvgIpc) is 2.60. The summed E-state index contributed by atoms with van der Waals surface area (Å²) >= 11 is 0. The number of carbonyl (C=O) groups is 1. The molecule has 0 radical (unpaired) electrons. The molecule has 0 fully saturated rings. The second kappa shape index (κ2) is 16.6.